The predicted molar refractivity (Wildman–Crippen MR) is 95.0 cm³/mol. The molecule has 1 aliphatic rings. The number of carboxylic acids is 1. The Balaban J connectivity index is 2.16. The van der Waals surface area contributed by atoms with E-state index in [0.29, 0.717) is 5.56 Å². The van der Waals surface area contributed by atoms with Gasteiger partial charge in [0.15, 0.2) is 0 Å². The molecule has 0 aromatic heterocycles. The summed E-state index contributed by atoms with van der Waals surface area (Å²) in [6.45, 7) is 4.59. The number of piperazine rings is 1. The number of hydrogen-bond donors (Lipinski definition) is 1. The Hall–Kier alpha value is -2.20. The van der Waals surface area contributed by atoms with Crippen molar-refractivity contribution in [3.8, 4) is 0 Å². The predicted octanol–water partition coefficient (Wildman–Crippen LogP) is 1.66. The molecule has 1 N–H and O–H groups in total. The first-order chi connectivity index (χ1) is 12.4. The molecular formula is C17H23FN2O6S. The van der Waals surface area contributed by atoms with Gasteiger partial charge in [-0.15, -0.1) is 0 Å². The molecule has 27 heavy (non-hydrogen) atoms. The molecule has 0 spiro atoms. The Kier molecular flexibility index (Phi) is 6.10. The van der Waals surface area contributed by atoms with E-state index in [1.807, 2.05) is 0 Å². The number of rotatable bonds is 4. The molecule has 0 bridgehead atoms. The molecule has 0 saturated carbocycles. The minimum Gasteiger partial charge on any atom is -0.480 e. The summed E-state index contributed by atoms with van der Waals surface area (Å²) in [4.78, 5) is 25.0. The van der Waals surface area contributed by atoms with Gasteiger partial charge in [-0.25, -0.2) is 17.6 Å². The number of ether oxygens (including phenoxy) is 1. The van der Waals surface area contributed by atoms with Crippen LogP contribution in [0.15, 0.2) is 24.3 Å². The molecule has 1 aliphatic heterocycles. The fraction of sp³-hybridized carbons (Fsp3) is 0.529. The van der Waals surface area contributed by atoms with Crippen molar-refractivity contribution in [2.45, 2.75) is 38.2 Å². The fourth-order valence-corrected chi connectivity index (χ4v) is 4.35. The van der Waals surface area contributed by atoms with Crippen molar-refractivity contribution in [3.05, 3.63) is 35.6 Å². The largest absolute Gasteiger partial charge is 0.480 e. The zero-order valence-corrected chi connectivity index (χ0v) is 16.2. The van der Waals surface area contributed by atoms with Gasteiger partial charge in [0.2, 0.25) is 10.0 Å². The van der Waals surface area contributed by atoms with E-state index >= 15 is 0 Å². The first kappa shape index (κ1) is 21.1. The molecule has 1 fully saturated rings. The van der Waals surface area contributed by atoms with Crippen molar-refractivity contribution in [1.29, 1.82) is 0 Å². The Morgan fingerprint density at radius 1 is 1.22 bits per heavy atom. The number of carboxylic acid groups (broad SMARTS) is 1. The summed E-state index contributed by atoms with van der Waals surface area (Å²) in [7, 11) is -3.98. The van der Waals surface area contributed by atoms with Gasteiger partial charge in [0, 0.05) is 13.1 Å². The number of benzene rings is 1. The topological polar surface area (TPSA) is 104 Å². The van der Waals surface area contributed by atoms with E-state index in [9.17, 15) is 27.5 Å². The first-order valence-electron chi connectivity index (χ1n) is 8.34. The molecule has 1 atom stereocenters. The highest BCUT2D eigenvalue weighted by molar-refractivity contribution is 7.88. The minimum atomic E-state index is -3.98. The number of amides is 1. The van der Waals surface area contributed by atoms with Crippen LogP contribution in [0.25, 0.3) is 0 Å². The number of sulfonamides is 1. The van der Waals surface area contributed by atoms with Crippen LogP contribution in [-0.4, -0.2) is 66.1 Å². The highest BCUT2D eigenvalue weighted by Gasteiger charge is 2.41. The normalized spacial score (nSPS) is 19.0. The van der Waals surface area contributed by atoms with E-state index in [4.69, 9.17) is 4.74 Å². The number of aliphatic carboxylic acids is 1. The second kappa shape index (κ2) is 7.81. The number of carbonyl (C=O) groups is 2. The van der Waals surface area contributed by atoms with Crippen molar-refractivity contribution in [2.75, 3.05) is 19.6 Å². The third-order valence-electron chi connectivity index (χ3n) is 3.89. The standard InChI is InChI=1S/C17H23FN2O6S/c1-17(2,3)26-16(23)19-8-9-20(14(10-19)15(21)22)27(24,25)11-12-4-6-13(18)7-5-12/h4-7,14H,8-11H2,1-3H3,(H,21,22)/t14-/m1/s1. The SMILES string of the molecule is CC(C)(C)OC(=O)N1CCN(S(=O)(=O)Cc2ccc(F)cc2)[C@@H](C(=O)O)C1. The third-order valence-corrected chi connectivity index (χ3v) is 5.74. The zero-order chi connectivity index (χ0) is 20.4. The average Bonchev–Trinajstić information content (AvgIpc) is 2.54. The Morgan fingerprint density at radius 3 is 2.33 bits per heavy atom. The molecule has 1 heterocycles. The van der Waals surface area contributed by atoms with Crippen LogP contribution in [0, 0.1) is 5.82 Å². The van der Waals surface area contributed by atoms with Gasteiger partial charge in [0.05, 0.1) is 12.3 Å². The van der Waals surface area contributed by atoms with Crippen LogP contribution in [0.1, 0.15) is 26.3 Å². The van der Waals surface area contributed by atoms with Crippen LogP contribution < -0.4 is 0 Å². The smallest absolute Gasteiger partial charge is 0.410 e. The van der Waals surface area contributed by atoms with Gasteiger partial charge in [-0.2, -0.15) is 4.31 Å². The fourth-order valence-electron chi connectivity index (χ4n) is 2.67. The lowest BCUT2D eigenvalue weighted by Crippen LogP contribution is -2.59. The molecule has 1 saturated heterocycles. The Bertz CT molecular complexity index is 804. The summed E-state index contributed by atoms with van der Waals surface area (Å²) in [6, 6.07) is 3.52. The van der Waals surface area contributed by atoms with Gasteiger partial charge in [0.25, 0.3) is 0 Å². The van der Waals surface area contributed by atoms with Gasteiger partial charge < -0.3 is 14.7 Å². The zero-order valence-electron chi connectivity index (χ0n) is 15.4. The van der Waals surface area contributed by atoms with Crippen LogP contribution in [0.5, 0.6) is 0 Å². The highest BCUT2D eigenvalue weighted by atomic mass is 32.2. The van der Waals surface area contributed by atoms with Crippen molar-refractivity contribution in [2.24, 2.45) is 0 Å². The van der Waals surface area contributed by atoms with Gasteiger partial charge in [-0.1, -0.05) is 12.1 Å². The maximum atomic E-state index is 13.0. The maximum Gasteiger partial charge on any atom is 0.410 e. The van der Waals surface area contributed by atoms with Gasteiger partial charge in [-0.05, 0) is 38.5 Å². The third kappa shape index (κ3) is 5.64. The van der Waals surface area contributed by atoms with Crippen LogP contribution in [0.4, 0.5) is 9.18 Å². The molecule has 0 radical (unpaired) electrons. The number of nitrogens with zero attached hydrogens (tertiary/aromatic N) is 2. The molecule has 10 heteroatoms. The van der Waals surface area contributed by atoms with Crippen LogP contribution in [-0.2, 0) is 25.3 Å². The van der Waals surface area contributed by atoms with Crippen molar-refractivity contribution >= 4 is 22.1 Å². The molecule has 150 valence electrons. The van der Waals surface area contributed by atoms with E-state index in [1.165, 1.54) is 17.0 Å². The van der Waals surface area contributed by atoms with Gasteiger partial charge in [-0.3, -0.25) is 4.79 Å². The summed E-state index contributed by atoms with van der Waals surface area (Å²) in [5, 5.41) is 9.47. The lowest BCUT2D eigenvalue weighted by molar-refractivity contribution is -0.143. The van der Waals surface area contributed by atoms with Crippen molar-refractivity contribution in [3.63, 3.8) is 0 Å². The number of carbonyl (C=O) groups excluding carboxylic acids is 1. The molecule has 0 aliphatic carbocycles. The summed E-state index contributed by atoms with van der Waals surface area (Å²) in [5.74, 6) is -2.31. The van der Waals surface area contributed by atoms with Crippen LogP contribution in [0.3, 0.4) is 0 Å². The molecule has 8 nitrogen and oxygen atoms in total. The summed E-state index contributed by atoms with van der Waals surface area (Å²) in [6.07, 6.45) is -0.690. The molecule has 1 aromatic carbocycles. The second-order valence-electron chi connectivity index (χ2n) is 7.27. The van der Waals surface area contributed by atoms with E-state index in [2.05, 4.69) is 0 Å². The van der Waals surface area contributed by atoms with Crippen LogP contribution in [0.2, 0.25) is 0 Å². The van der Waals surface area contributed by atoms with E-state index < -0.39 is 45.3 Å². The van der Waals surface area contributed by atoms with Gasteiger partial charge >= 0.3 is 12.1 Å². The summed E-state index contributed by atoms with van der Waals surface area (Å²) in [5.41, 5.74) is -0.406. The molecule has 1 amide bonds. The van der Waals surface area contributed by atoms with Crippen LogP contribution >= 0.6 is 0 Å². The van der Waals surface area contributed by atoms with E-state index in [0.717, 1.165) is 16.4 Å². The summed E-state index contributed by atoms with van der Waals surface area (Å²) >= 11 is 0. The second-order valence-corrected chi connectivity index (χ2v) is 9.20. The lowest BCUT2D eigenvalue weighted by Gasteiger charge is -2.38. The molecule has 2 rings (SSSR count). The number of hydrogen-bond acceptors (Lipinski definition) is 5. The quantitative estimate of drug-likeness (QED) is 0.821. The van der Waals surface area contributed by atoms with Crippen molar-refractivity contribution in [1.82, 2.24) is 9.21 Å². The van der Waals surface area contributed by atoms with E-state index in [1.54, 1.807) is 20.8 Å². The first-order valence-corrected chi connectivity index (χ1v) is 9.95. The highest BCUT2D eigenvalue weighted by Crippen LogP contribution is 2.20. The van der Waals surface area contributed by atoms with E-state index in [-0.39, 0.29) is 19.6 Å². The lowest BCUT2D eigenvalue weighted by atomic mass is 10.2. The summed E-state index contributed by atoms with van der Waals surface area (Å²) < 4.78 is 44.5. The maximum absolute atomic E-state index is 13.0. The molecule has 0 unspecified atom stereocenters. The minimum absolute atomic E-state index is 0.0152. The van der Waals surface area contributed by atoms with Gasteiger partial charge in [0.1, 0.15) is 17.5 Å². The average molecular weight is 402 g/mol. The molecule has 1 aromatic rings. The Morgan fingerprint density at radius 2 is 1.81 bits per heavy atom. The molecular weight excluding hydrogens is 379 g/mol. The number of halogens is 1. The Labute approximate surface area is 157 Å². The monoisotopic (exact) mass is 402 g/mol. The van der Waals surface area contributed by atoms with Crippen molar-refractivity contribution < 1.29 is 32.2 Å².